The van der Waals surface area contributed by atoms with Crippen molar-refractivity contribution in [1.29, 1.82) is 0 Å². The first-order valence-corrected chi connectivity index (χ1v) is 4.05. The number of allylic oxidation sites excluding steroid dienone is 1. The molecule has 0 saturated heterocycles. The van der Waals surface area contributed by atoms with Crippen LogP contribution in [0.3, 0.4) is 0 Å². The molecule has 70 valence electrons. The molecule has 2 aromatic rings. The average molecular weight is 187 g/mol. The molecule has 1 aromatic heterocycles. The molecule has 1 aromatic carbocycles. The van der Waals surface area contributed by atoms with E-state index in [1.165, 1.54) is 16.8 Å². The zero-order valence-electron chi connectivity index (χ0n) is 7.44. The van der Waals surface area contributed by atoms with Crippen LogP contribution in [0.2, 0.25) is 0 Å². The van der Waals surface area contributed by atoms with Gasteiger partial charge in [-0.25, -0.2) is 4.79 Å². The Hall–Kier alpha value is -2.12. The highest BCUT2D eigenvalue weighted by Crippen LogP contribution is 2.09. The van der Waals surface area contributed by atoms with Crippen molar-refractivity contribution in [2.45, 2.75) is 0 Å². The molecule has 0 atom stereocenters. The third kappa shape index (κ3) is 2.73. The van der Waals surface area contributed by atoms with Gasteiger partial charge in [0.15, 0.2) is 6.29 Å². The van der Waals surface area contributed by atoms with Gasteiger partial charge in [-0.3, -0.25) is 4.79 Å². The second-order valence-corrected chi connectivity index (χ2v) is 2.49. The van der Waals surface area contributed by atoms with E-state index in [9.17, 15) is 0 Å². The Morgan fingerprint density at radius 2 is 2.00 bits per heavy atom. The SMILES string of the molecule is O=C=CC=O.c1ccc2[nH]ccc2c1. The molecule has 1 heterocycles. The first-order valence-electron chi connectivity index (χ1n) is 4.05. The Bertz CT molecular complexity index is 423. The summed E-state index contributed by atoms with van der Waals surface area (Å²) in [6.07, 6.45) is 3.09. The molecule has 3 heteroatoms. The van der Waals surface area contributed by atoms with Crippen molar-refractivity contribution in [3.63, 3.8) is 0 Å². The number of H-pyrrole nitrogens is 1. The van der Waals surface area contributed by atoms with Gasteiger partial charge in [-0.05, 0) is 17.5 Å². The van der Waals surface area contributed by atoms with Crippen LogP contribution in [0.4, 0.5) is 0 Å². The molecule has 0 fully saturated rings. The van der Waals surface area contributed by atoms with Crippen molar-refractivity contribution < 1.29 is 9.59 Å². The molecule has 0 aliphatic rings. The number of nitrogens with one attached hydrogen (secondary N) is 1. The molecule has 2 rings (SSSR count). The molecule has 1 N–H and O–H groups in total. The minimum atomic E-state index is 0.382. The molecular formula is C11H9NO2. The van der Waals surface area contributed by atoms with E-state index in [0.717, 1.165) is 6.08 Å². The van der Waals surface area contributed by atoms with Crippen molar-refractivity contribution in [2.24, 2.45) is 0 Å². The summed E-state index contributed by atoms with van der Waals surface area (Å²) in [5, 5.41) is 1.28. The zero-order valence-corrected chi connectivity index (χ0v) is 7.44. The number of rotatable bonds is 1. The molecule has 0 amide bonds. The summed E-state index contributed by atoms with van der Waals surface area (Å²) in [6.45, 7) is 0. The summed E-state index contributed by atoms with van der Waals surface area (Å²) in [4.78, 5) is 21.2. The number of carbonyl (C=O) groups excluding carboxylic acids is 2. The molecule has 0 aliphatic heterocycles. The van der Waals surface area contributed by atoms with Gasteiger partial charge in [0, 0.05) is 11.7 Å². The van der Waals surface area contributed by atoms with Gasteiger partial charge in [0.2, 0.25) is 0 Å². The smallest absolute Gasteiger partial charge is 0.153 e. The largest absolute Gasteiger partial charge is 0.361 e. The van der Waals surface area contributed by atoms with Crippen LogP contribution in [0.5, 0.6) is 0 Å². The highest BCUT2D eigenvalue weighted by atomic mass is 16.1. The fourth-order valence-corrected chi connectivity index (χ4v) is 1.02. The van der Waals surface area contributed by atoms with Crippen molar-refractivity contribution >= 4 is 23.1 Å². The summed E-state index contributed by atoms with van der Waals surface area (Å²) in [7, 11) is 0. The maximum absolute atomic E-state index is 9.09. The lowest BCUT2D eigenvalue weighted by molar-refractivity contribution is -0.104. The number of hydrogen-bond acceptors (Lipinski definition) is 2. The third-order valence-electron chi connectivity index (χ3n) is 1.60. The number of carbonyl (C=O) groups is 1. The van der Waals surface area contributed by atoms with Crippen LogP contribution in [-0.4, -0.2) is 17.2 Å². The van der Waals surface area contributed by atoms with E-state index in [1.807, 2.05) is 18.3 Å². The fourth-order valence-electron chi connectivity index (χ4n) is 1.02. The lowest BCUT2D eigenvalue weighted by Gasteiger charge is -1.83. The van der Waals surface area contributed by atoms with Gasteiger partial charge in [0.1, 0.15) is 5.94 Å². The van der Waals surface area contributed by atoms with Crippen LogP contribution < -0.4 is 0 Å². The highest BCUT2D eigenvalue weighted by Gasteiger charge is 1.86. The minimum absolute atomic E-state index is 0.382. The van der Waals surface area contributed by atoms with Gasteiger partial charge in [-0.15, -0.1) is 0 Å². The van der Waals surface area contributed by atoms with Crippen molar-refractivity contribution in [2.75, 3.05) is 0 Å². The molecule has 0 saturated carbocycles. The normalized spacial score (nSPS) is 8.29. The Labute approximate surface area is 81.1 Å². The van der Waals surface area contributed by atoms with Gasteiger partial charge in [0.05, 0.1) is 6.08 Å². The van der Waals surface area contributed by atoms with E-state index in [0.29, 0.717) is 6.29 Å². The Balaban J connectivity index is 0.000000171. The first-order chi connectivity index (χ1) is 6.88. The summed E-state index contributed by atoms with van der Waals surface area (Å²) < 4.78 is 0. The van der Waals surface area contributed by atoms with E-state index < -0.39 is 0 Å². The van der Waals surface area contributed by atoms with Gasteiger partial charge in [0.25, 0.3) is 0 Å². The van der Waals surface area contributed by atoms with Gasteiger partial charge in [-0.2, -0.15) is 0 Å². The molecular weight excluding hydrogens is 178 g/mol. The zero-order chi connectivity index (χ0) is 10.2. The molecule has 0 unspecified atom stereocenters. The second kappa shape index (κ2) is 5.51. The number of fused-ring (bicyclic) bond motifs is 1. The van der Waals surface area contributed by atoms with Crippen LogP contribution in [0.15, 0.2) is 42.6 Å². The van der Waals surface area contributed by atoms with Crippen LogP contribution in [0, 0.1) is 0 Å². The quantitative estimate of drug-likeness (QED) is 0.420. The number of para-hydroxylation sites is 1. The van der Waals surface area contributed by atoms with Crippen molar-refractivity contribution in [1.82, 2.24) is 4.98 Å². The average Bonchev–Trinajstić information content (AvgIpc) is 2.67. The van der Waals surface area contributed by atoms with Crippen molar-refractivity contribution in [3.8, 4) is 0 Å². The Morgan fingerprint density at radius 1 is 1.21 bits per heavy atom. The van der Waals surface area contributed by atoms with Gasteiger partial charge in [-0.1, -0.05) is 18.2 Å². The van der Waals surface area contributed by atoms with Crippen LogP contribution in [0.25, 0.3) is 10.9 Å². The predicted molar refractivity (Wildman–Crippen MR) is 54.6 cm³/mol. The van der Waals surface area contributed by atoms with Crippen LogP contribution in [-0.2, 0) is 9.59 Å². The third-order valence-corrected chi connectivity index (χ3v) is 1.60. The highest BCUT2D eigenvalue weighted by molar-refractivity contribution is 5.78. The molecule has 0 bridgehead atoms. The second-order valence-electron chi connectivity index (χ2n) is 2.49. The molecule has 0 aliphatic carbocycles. The summed E-state index contributed by atoms with van der Waals surface area (Å²) in [6, 6.07) is 10.3. The standard InChI is InChI=1S/C8H7N.C3H2O2/c1-2-4-8-7(3-1)5-6-9-8;4-2-1-3-5/h1-6,9H;1-2H. The van der Waals surface area contributed by atoms with Crippen molar-refractivity contribution in [3.05, 3.63) is 42.6 Å². The van der Waals surface area contributed by atoms with Crippen LogP contribution >= 0.6 is 0 Å². The molecule has 0 spiro atoms. The summed E-state index contributed by atoms with van der Waals surface area (Å²) in [5.41, 5.74) is 1.21. The summed E-state index contributed by atoms with van der Waals surface area (Å²) in [5.74, 6) is 1.27. The van der Waals surface area contributed by atoms with Crippen LogP contribution in [0.1, 0.15) is 0 Å². The maximum atomic E-state index is 9.09. The van der Waals surface area contributed by atoms with E-state index in [2.05, 4.69) is 23.2 Å². The minimum Gasteiger partial charge on any atom is -0.361 e. The maximum Gasteiger partial charge on any atom is 0.153 e. The predicted octanol–water partition coefficient (Wildman–Crippen LogP) is 1.74. The topological polar surface area (TPSA) is 49.9 Å². The molecule has 14 heavy (non-hydrogen) atoms. The number of benzene rings is 1. The van der Waals surface area contributed by atoms with E-state index in [4.69, 9.17) is 9.59 Å². The Kier molecular flexibility index (Phi) is 3.92. The first kappa shape index (κ1) is 9.96. The fraction of sp³-hybridized carbons (Fsp3) is 0. The lowest BCUT2D eigenvalue weighted by Crippen LogP contribution is -1.61. The number of aromatic nitrogens is 1. The van der Waals surface area contributed by atoms with E-state index in [1.54, 1.807) is 0 Å². The molecule has 3 nitrogen and oxygen atoms in total. The van der Waals surface area contributed by atoms with Gasteiger partial charge < -0.3 is 4.98 Å². The lowest BCUT2D eigenvalue weighted by atomic mass is 10.3. The number of hydrogen-bond donors (Lipinski definition) is 1. The number of aldehydes is 1. The number of aromatic amines is 1. The van der Waals surface area contributed by atoms with E-state index in [-0.39, 0.29) is 0 Å². The monoisotopic (exact) mass is 187 g/mol. The Morgan fingerprint density at radius 3 is 2.57 bits per heavy atom. The van der Waals surface area contributed by atoms with Gasteiger partial charge >= 0.3 is 0 Å². The summed E-state index contributed by atoms with van der Waals surface area (Å²) >= 11 is 0. The molecule has 0 radical (unpaired) electrons. The van der Waals surface area contributed by atoms with E-state index >= 15 is 0 Å².